The summed E-state index contributed by atoms with van der Waals surface area (Å²) in [4.78, 5) is 1.47. The van der Waals surface area contributed by atoms with Gasteiger partial charge in [0, 0.05) is 21.4 Å². The van der Waals surface area contributed by atoms with Crippen molar-refractivity contribution < 1.29 is 0 Å². The van der Waals surface area contributed by atoms with E-state index in [4.69, 9.17) is 6.42 Å². The van der Waals surface area contributed by atoms with Gasteiger partial charge in [-0.15, -0.1) is 17.8 Å². The number of thiophene rings is 1. The fourth-order valence-electron chi connectivity index (χ4n) is 5.57. The summed E-state index contributed by atoms with van der Waals surface area (Å²) in [6, 6.07) is 18.4. The van der Waals surface area contributed by atoms with E-state index < -0.39 is 15.8 Å². The van der Waals surface area contributed by atoms with Crippen LogP contribution >= 0.6 is 27.2 Å². The van der Waals surface area contributed by atoms with Crippen LogP contribution in [0.3, 0.4) is 0 Å². The van der Waals surface area contributed by atoms with Crippen molar-refractivity contribution in [2.45, 2.75) is 46.0 Å². The molecule has 1 aromatic heterocycles. The molecule has 0 N–H and O–H groups in total. The Labute approximate surface area is 265 Å². The van der Waals surface area contributed by atoms with E-state index in [1.807, 2.05) is 17.4 Å². The van der Waals surface area contributed by atoms with Crippen LogP contribution in [0.2, 0.25) is 0 Å². The second-order valence-electron chi connectivity index (χ2n) is 10.5. The Morgan fingerprint density at radius 1 is 1.00 bits per heavy atom. The molecule has 1 heterocycles. The molecule has 2 aliphatic carbocycles. The third kappa shape index (κ3) is 7.83. The maximum atomic E-state index is 5.41. The summed E-state index contributed by atoms with van der Waals surface area (Å²) in [5, 5.41) is 8.60. The lowest BCUT2D eigenvalue weighted by molar-refractivity contribution is 0.875. The highest BCUT2D eigenvalue weighted by molar-refractivity contribution is 7.74. The van der Waals surface area contributed by atoms with Gasteiger partial charge in [0.25, 0.3) is 0 Å². The van der Waals surface area contributed by atoms with Crippen molar-refractivity contribution in [2.24, 2.45) is 0 Å². The minimum absolute atomic E-state index is 0.543. The number of fused-ring (bicyclic) bond motifs is 3. The highest BCUT2D eigenvalue weighted by Crippen LogP contribution is 2.55. The predicted molar refractivity (Wildman–Crippen MR) is 198 cm³/mol. The monoisotopic (exact) mass is 614 g/mol. The van der Waals surface area contributed by atoms with Crippen LogP contribution in [0.25, 0.3) is 16.2 Å². The molecule has 0 nitrogen and oxygen atoms in total. The summed E-state index contributed by atoms with van der Waals surface area (Å²) in [6.45, 7) is 4.35. The fraction of sp³-hybridized carbons (Fsp3) is 0.200. The summed E-state index contributed by atoms with van der Waals surface area (Å²) in [5.41, 5.74) is 1.41. The summed E-state index contributed by atoms with van der Waals surface area (Å²) in [5.74, 6) is 2.58. The highest BCUT2D eigenvalue weighted by Gasteiger charge is 2.23. The Balaban J connectivity index is 1.62. The molecule has 0 bridgehead atoms. The first-order chi connectivity index (χ1) is 21.2. The van der Waals surface area contributed by atoms with Gasteiger partial charge in [0.2, 0.25) is 0 Å². The molecule has 0 radical (unpaired) electrons. The van der Waals surface area contributed by atoms with Crippen molar-refractivity contribution >= 4 is 54.0 Å². The Bertz CT molecular complexity index is 1700. The van der Waals surface area contributed by atoms with Gasteiger partial charge in [-0.25, -0.2) is 0 Å². The van der Waals surface area contributed by atoms with E-state index in [-0.39, 0.29) is 0 Å². The van der Waals surface area contributed by atoms with Gasteiger partial charge in [-0.2, -0.15) is 0 Å². The average molecular weight is 615 g/mol. The van der Waals surface area contributed by atoms with Crippen molar-refractivity contribution in [3.8, 4) is 12.3 Å². The quantitative estimate of drug-likeness (QED) is 0.121. The standard InChI is InChI=1S/C40H40P2S/c1-4-7-8-11-17-29-41(32(19-5-2)20-6-3)35-27-28-40-37(30-35)38-31-36(25-18-26-39(38)43-40)42(34-23-15-12-16-24-34)33-21-13-9-10-14-22-33/h1,5,7-8,11-13,15-25,27-28,30-31H,6,9-10,14,26,29H2,2-3H3/b8-7-,17-11-,19-5-,32-20+/t41-,42+/m0/s1. The summed E-state index contributed by atoms with van der Waals surface area (Å²) in [6.07, 6.45) is 41.5. The summed E-state index contributed by atoms with van der Waals surface area (Å²) in [7, 11) is -1.17. The van der Waals surface area contributed by atoms with Gasteiger partial charge in [0.1, 0.15) is 0 Å². The number of benzene rings is 2. The number of rotatable bonds is 10. The van der Waals surface area contributed by atoms with Gasteiger partial charge in [-0.1, -0.05) is 116 Å². The van der Waals surface area contributed by atoms with Crippen LogP contribution < -0.4 is 10.6 Å². The molecule has 2 aromatic carbocycles. The second kappa shape index (κ2) is 16.0. The van der Waals surface area contributed by atoms with Gasteiger partial charge in [0.15, 0.2) is 0 Å². The van der Waals surface area contributed by atoms with E-state index in [1.54, 1.807) is 6.08 Å². The van der Waals surface area contributed by atoms with Crippen LogP contribution in [-0.4, -0.2) is 6.16 Å². The number of terminal acetylenes is 1. The minimum atomic E-state index is -0.631. The van der Waals surface area contributed by atoms with Crippen LogP contribution in [0.5, 0.6) is 0 Å². The molecule has 0 saturated carbocycles. The lowest BCUT2D eigenvalue weighted by atomic mass is 10.1. The van der Waals surface area contributed by atoms with Crippen LogP contribution in [0.4, 0.5) is 0 Å². The minimum Gasteiger partial charge on any atom is -0.139 e. The lowest BCUT2D eigenvalue weighted by Gasteiger charge is -2.21. The Morgan fingerprint density at radius 3 is 2.67 bits per heavy atom. The second-order valence-corrected chi connectivity index (χ2v) is 16.1. The third-order valence-electron chi connectivity index (χ3n) is 7.52. The normalized spacial score (nSPS) is 17.1. The smallest absolute Gasteiger partial charge is 0.0352 e. The SMILES string of the molecule is C#C/C=C\C=C/C[P@@](C(/C=C\C)=C/CC)c1ccc2sc3c(c2c1)C=C([P@](C1=CCCCC=C1)c1ccccc1)C=CC3. The van der Waals surface area contributed by atoms with Crippen molar-refractivity contribution in [1.29, 1.82) is 0 Å². The molecule has 0 saturated heterocycles. The van der Waals surface area contributed by atoms with E-state index in [1.165, 1.54) is 53.5 Å². The molecule has 3 heteroatoms. The molecule has 0 fully saturated rings. The molecule has 0 aliphatic heterocycles. The zero-order valence-corrected chi connectivity index (χ0v) is 27.9. The summed E-state index contributed by atoms with van der Waals surface area (Å²) >= 11 is 1.96. The molecule has 0 amide bonds. The van der Waals surface area contributed by atoms with Gasteiger partial charge < -0.3 is 0 Å². The van der Waals surface area contributed by atoms with Crippen molar-refractivity contribution in [2.75, 3.05) is 6.16 Å². The van der Waals surface area contributed by atoms with Gasteiger partial charge in [-0.3, -0.25) is 0 Å². The Hall–Kier alpha value is -3.26. The van der Waals surface area contributed by atoms with Crippen molar-refractivity contribution in [1.82, 2.24) is 0 Å². The van der Waals surface area contributed by atoms with E-state index in [0.29, 0.717) is 0 Å². The van der Waals surface area contributed by atoms with E-state index in [0.717, 1.165) is 31.8 Å². The van der Waals surface area contributed by atoms with E-state index in [9.17, 15) is 0 Å². The van der Waals surface area contributed by atoms with Crippen LogP contribution in [0, 0.1) is 12.3 Å². The van der Waals surface area contributed by atoms with E-state index >= 15 is 0 Å². The molecule has 2 aliphatic rings. The number of hydrogen-bond donors (Lipinski definition) is 0. The number of allylic oxidation sites excluding steroid dienone is 15. The topological polar surface area (TPSA) is 0 Å². The molecule has 216 valence electrons. The maximum absolute atomic E-state index is 5.41. The van der Waals surface area contributed by atoms with Crippen molar-refractivity contribution in [3.63, 3.8) is 0 Å². The first kappa shape index (κ1) is 31.2. The van der Waals surface area contributed by atoms with Crippen LogP contribution in [-0.2, 0) is 6.42 Å². The van der Waals surface area contributed by atoms with Gasteiger partial charge >= 0.3 is 0 Å². The molecule has 5 rings (SSSR count). The van der Waals surface area contributed by atoms with Crippen molar-refractivity contribution in [3.05, 3.63) is 148 Å². The molecule has 3 aromatic rings. The molecular formula is C40H40P2S. The van der Waals surface area contributed by atoms with Crippen LogP contribution in [0.1, 0.15) is 50.0 Å². The zero-order valence-electron chi connectivity index (χ0n) is 25.2. The Kier molecular flexibility index (Phi) is 11.6. The van der Waals surface area contributed by atoms with E-state index in [2.05, 4.69) is 135 Å². The maximum Gasteiger partial charge on any atom is 0.0352 e. The Morgan fingerprint density at radius 2 is 1.86 bits per heavy atom. The first-order valence-corrected chi connectivity index (χ1v) is 19.0. The lowest BCUT2D eigenvalue weighted by Crippen LogP contribution is -2.04. The molecule has 0 spiro atoms. The predicted octanol–water partition coefficient (Wildman–Crippen LogP) is 11.5. The number of hydrogen-bond acceptors (Lipinski definition) is 1. The molecule has 2 atom stereocenters. The zero-order chi connectivity index (χ0) is 29.9. The fourth-order valence-corrected chi connectivity index (χ4v) is 11.5. The molecule has 0 unspecified atom stereocenters. The highest BCUT2D eigenvalue weighted by atomic mass is 32.1. The molecule has 43 heavy (non-hydrogen) atoms. The first-order valence-electron chi connectivity index (χ1n) is 15.3. The molecular weight excluding hydrogens is 574 g/mol. The average Bonchev–Trinajstić information content (AvgIpc) is 3.20. The third-order valence-corrected chi connectivity index (χ3v) is 13.6. The van der Waals surface area contributed by atoms with Gasteiger partial charge in [0.05, 0.1) is 0 Å². The summed E-state index contributed by atoms with van der Waals surface area (Å²) < 4.78 is 1.38. The largest absolute Gasteiger partial charge is 0.139 e. The van der Waals surface area contributed by atoms with Crippen LogP contribution in [0.15, 0.2) is 137 Å². The van der Waals surface area contributed by atoms with Gasteiger partial charge in [-0.05, 0) is 111 Å².